The normalized spacial score (nSPS) is 23.9. The van der Waals surface area contributed by atoms with E-state index in [9.17, 15) is 9.59 Å². The molecule has 2 N–H and O–H groups in total. The number of carbonyl (C=O) groups excluding carboxylic acids is 2. The number of nitrogens with zero attached hydrogens (tertiary/aromatic N) is 4. The molecule has 2 aliphatic heterocycles. The van der Waals surface area contributed by atoms with Crippen LogP contribution in [0.1, 0.15) is 57.2 Å². The van der Waals surface area contributed by atoms with Gasteiger partial charge in [0, 0.05) is 55.7 Å². The fourth-order valence-electron chi connectivity index (χ4n) is 5.56. The minimum Gasteiger partial charge on any atom is -0.369 e. The van der Waals surface area contributed by atoms with E-state index in [1.807, 2.05) is 29.2 Å². The van der Waals surface area contributed by atoms with Crippen LogP contribution in [-0.2, 0) is 9.59 Å². The maximum absolute atomic E-state index is 12.5. The molecule has 2 aromatic heterocycles. The second kappa shape index (κ2) is 9.08. The Hall–Kier alpha value is -3.42. The number of carbonyl (C=O) groups is 2. The molecule has 2 amide bonds. The van der Waals surface area contributed by atoms with Gasteiger partial charge in [-0.05, 0) is 51.3 Å². The third-order valence-electron chi connectivity index (χ3n) is 7.08. The lowest BCUT2D eigenvalue weighted by Gasteiger charge is -2.44. The van der Waals surface area contributed by atoms with Gasteiger partial charge in [-0.25, -0.2) is 9.97 Å². The largest absolute Gasteiger partial charge is 0.369 e. The van der Waals surface area contributed by atoms with Crippen molar-refractivity contribution in [2.45, 2.75) is 58.0 Å². The average molecular weight is 461 g/mol. The van der Waals surface area contributed by atoms with Crippen LogP contribution in [-0.4, -0.2) is 58.4 Å². The predicted molar refractivity (Wildman–Crippen MR) is 133 cm³/mol. The number of fused-ring (bicyclic) bond motifs is 1. The molecule has 1 aliphatic carbocycles. The topological polar surface area (TPSA) is 90.5 Å². The third kappa shape index (κ3) is 4.24. The van der Waals surface area contributed by atoms with Gasteiger partial charge in [-0.3, -0.25) is 9.59 Å². The minimum atomic E-state index is -0.0326. The molecule has 4 heterocycles. The number of amides is 2. The maximum atomic E-state index is 12.5. The summed E-state index contributed by atoms with van der Waals surface area (Å²) in [7, 11) is 0. The molecule has 0 saturated carbocycles. The van der Waals surface area contributed by atoms with E-state index in [-0.39, 0.29) is 29.8 Å². The first-order valence-electron chi connectivity index (χ1n) is 12.2. The van der Waals surface area contributed by atoms with E-state index in [2.05, 4.69) is 40.4 Å². The van der Waals surface area contributed by atoms with E-state index in [0.717, 1.165) is 60.8 Å². The van der Waals surface area contributed by atoms with Crippen molar-refractivity contribution < 1.29 is 9.59 Å². The number of pyridine rings is 2. The van der Waals surface area contributed by atoms with E-state index in [4.69, 9.17) is 4.98 Å². The standard InChI is InChI=1S/C26H32N6O2/c1-16-14-31(15-17(2)32(16)18(3)33)24-10-6-9-23(30-24)22-13-28-25-21(22)11-20(12-27-25)29-26(34)19-7-4-5-8-19/h6-7,9-12,16-17,22H,4-5,8,13-15H2,1-3H3,(H,27,28)(H,29,34)/t16-,17+,22?. The van der Waals surface area contributed by atoms with E-state index in [1.54, 1.807) is 13.1 Å². The second-order valence-corrected chi connectivity index (χ2v) is 9.62. The lowest BCUT2D eigenvalue weighted by Crippen LogP contribution is -2.58. The van der Waals surface area contributed by atoms with Crippen molar-refractivity contribution in [3.8, 4) is 0 Å². The number of hydrogen-bond acceptors (Lipinski definition) is 6. The number of allylic oxidation sites excluding steroid dienone is 1. The maximum Gasteiger partial charge on any atom is 0.251 e. The zero-order chi connectivity index (χ0) is 23.8. The third-order valence-corrected chi connectivity index (χ3v) is 7.08. The molecule has 0 bridgehead atoms. The van der Waals surface area contributed by atoms with Gasteiger partial charge in [-0.15, -0.1) is 0 Å². The SMILES string of the molecule is CC(=O)N1[C@H](C)CN(c2cccc(C3CNc4ncc(NC(=O)C5=CCCC5)cc43)n2)C[C@@H]1C. The number of piperazine rings is 1. The van der Waals surface area contributed by atoms with Crippen LogP contribution in [0.5, 0.6) is 0 Å². The Morgan fingerprint density at radius 1 is 1.18 bits per heavy atom. The highest BCUT2D eigenvalue weighted by atomic mass is 16.2. The van der Waals surface area contributed by atoms with E-state index < -0.39 is 0 Å². The van der Waals surface area contributed by atoms with Crippen molar-refractivity contribution in [1.29, 1.82) is 0 Å². The van der Waals surface area contributed by atoms with Gasteiger partial charge in [0.15, 0.2) is 0 Å². The first kappa shape index (κ1) is 22.4. The van der Waals surface area contributed by atoms with Gasteiger partial charge in [-0.2, -0.15) is 0 Å². The van der Waals surface area contributed by atoms with E-state index in [0.29, 0.717) is 12.2 Å². The van der Waals surface area contributed by atoms with Crippen molar-refractivity contribution in [1.82, 2.24) is 14.9 Å². The molecule has 1 fully saturated rings. The summed E-state index contributed by atoms with van der Waals surface area (Å²) < 4.78 is 0. The first-order valence-corrected chi connectivity index (χ1v) is 12.2. The Morgan fingerprint density at radius 3 is 2.68 bits per heavy atom. The lowest BCUT2D eigenvalue weighted by molar-refractivity contribution is -0.133. The van der Waals surface area contributed by atoms with Crippen LogP contribution in [0.15, 0.2) is 42.1 Å². The van der Waals surface area contributed by atoms with Crippen LogP contribution >= 0.6 is 0 Å². The van der Waals surface area contributed by atoms with Gasteiger partial charge in [0.2, 0.25) is 5.91 Å². The number of anilines is 3. The van der Waals surface area contributed by atoms with Gasteiger partial charge < -0.3 is 20.4 Å². The molecule has 3 aliphatic rings. The number of hydrogen-bond donors (Lipinski definition) is 2. The van der Waals surface area contributed by atoms with Crippen LogP contribution in [0.25, 0.3) is 0 Å². The van der Waals surface area contributed by atoms with Crippen molar-refractivity contribution in [3.63, 3.8) is 0 Å². The summed E-state index contributed by atoms with van der Waals surface area (Å²) in [5.41, 5.74) is 3.59. The van der Waals surface area contributed by atoms with Crippen LogP contribution in [0, 0.1) is 0 Å². The van der Waals surface area contributed by atoms with Crippen LogP contribution < -0.4 is 15.5 Å². The van der Waals surface area contributed by atoms with Gasteiger partial charge in [0.25, 0.3) is 5.91 Å². The summed E-state index contributed by atoms with van der Waals surface area (Å²) in [5, 5.41) is 6.40. The molecule has 0 radical (unpaired) electrons. The molecule has 0 aromatic carbocycles. The lowest BCUT2D eigenvalue weighted by atomic mass is 9.98. The summed E-state index contributed by atoms with van der Waals surface area (Å²) in [4.78, 5) is 38.4. The highest BCUT2D eigenvalue weighted by molar-refractivity contribution is 6.04. The van der Waals surface area contributed by atoms with Crippen molar-refractivity contribution in [2.75, 3.05) is 35.2 Å². The predicted octanol–water partition coefficient (Wildman–Crippen LogP) is 3.53. The summed E-state index contributed by atoms with van der Waals surface area (Å²) in [6.45, 7) is 8.05. The Bertz CT molecular complexity index is 1130. The molecule has 2 aromatic rings. The molecular weight excluding hydrogens is 428 g/mol. The Kier molecular flexibility index (Phi) is 5.98. The molecular formula is C26H32N6O2. The fraction of sp³-hybridized carbons (Fsp3) is 0.462. The summed E-state index contributed by atoms with van der Waals surface area (Å²) >= 11 is 0. The van der Waals surface area contributed by atoms with Crippen LogP contribution in [0.3, 0.4) is 0 Å². The highest BCUT2D eigenvalue weighted by Crippen LogP contribution is 2.36. The van der Waals surface area contributed by atoms with Crippen LogP contribution in [0.4, 0.5) is 17.3 Å². The summed E-state index contributed by atoms with van der Waals surface area (Å²) in [6, 6.07) is 8.42. The molecule has 0 spiro atoms. The average Bonchev–Trinajstić information content (AvgIpc) is 3.48. The first-order chi connectivity index (χ1) is 16.4. The molecule has 8 nitrogen and oxygen atoms in total. The van der Waals surface area contributed by atoms with Crippen molar-refractivity contribution in [3.05, 3.63) is 53.4 Å². The van der Waals surface area contributed by atoms with Gasteiger partial charge in [0.1, 0.15) is 11.6 Å². The van der Waals surface area contributed by atoms with Gasteiger partial charge >= 0.3 is 0 Å². The highest BCUT2D eigenvalue weighted by Gasteiger charge is 2.32. The Labute approximate surface area is 200 Å². The number of rotatable bonds is 4. The van der Waals surface area contributed by atoms with E-state index >= 15 is 0 Å². The molecule has 5 rings (SSSR count). The summed E-state index contributed by atoms with van der Waals surface area (Å²) in [5.74, 6) is 1.91. The number of aromatic nitrogens is 2. The smallest absolute Gasteiger partial charge is 0.251 e. The molecule has 1 unspecified atom stereocenters. The fourth-order valence-corrected chi connectivity index (χ4v) is 5.56. The monoisotopic (exact) mass is 460 g/mol. The molecule has 8 heteroatoms. The Morgan fingerprint density at radius 2 is 1.97 bits per heavy atom. The van der Waals surface area contributed by atoms with Gasteiger partial charge in [-0.1, -0.05) is 12.1 Å². The van der Waals surface area contributed by atoms with Crippen molar-refractivity contribution in [2.24, 2.45) is 0 Å². The molecule has 1 saturated heterocycles. The zero-order valence-electron chi connectivity index (χ0n) is 20.0. The minimum absolute atomic E-state index is 0.0326. The second-order valence-electron chi connectivity index (χ2n) is 9.62. The molecule has 178 valence electrons. The quantitative estimate of drug-likeness (QED) is 0.726. The molecule has 34 heavy (non-hydrogen) atoms. The van der Waals surface area contributed by atoms with Crippen molar-refractivity contribution >= 4 is 29.1 Å². The van der Waals surface area contributed by atoms with Gasteiger partial charge in [0.05, 0.1) is 17.6 Å². The number of nitrogens with one attached hydrogen (secondary N) is 2. The summed E-state index contributed by atoms with van der Waals surface area (Å²) in [6.07, 6.45) is 6.58. The zero-order valence-corrected chi connectivity index (χ0v) is 20.0. The Balaban J connectivity index is 1.36. The molecule has 3 atom stereocenters. The van der Waals surface area contributed by atoms with Crippen LogP contribution in [0.2, 0.25) is 0 Å². The van der Waals surface area contributed by atoms with E-state index in [1.165, 1.54) is 0 Å².